The zero-order valence-corrected chi connectivity index (χ0v) is 7.11. The smallest absolute Gasteiger partial charge is 0.136 e. The van der Waals surface area contributed by atoms with Crippen LogP contribution in [0.5, 0.6) is 0 Å². The molecule has 0 aliphatic heterocycles. The fraction of sp³-hybridized carbons (Fsp3) is 0.286. The lowest BCUT2D eigenvalue weighted by Crippen LogP contribution is -1.95. The van der Waals surface area contributed by atoms with Crippen molar-refractivity contribution in [3.05, 3.63) is 22.9 Å². The number of hydrogen-bond acceptors (Lipinski definition) is 3. The third kappa shape index (κ3) is 2.73. The molecule has 0 atom stereocenters. The van der Waals surface area contributed by atoms with Crippen molar-refractivity contribution < 1.29 is 0 Å². The Morgan fingerprint density at radius 1 is 1.70 bits per heavy atom. The minimum atomic E-state index is 0.491. The van der Waals surface area contributed by atoms with Crippen LogP contribution in [0.25, 0.3) is 0 Å². The summed E-state index contributed by atoms with van der Waals surface area (Å²) in [6, 6.07) is 0. The Balaban J connectivity index is 4.44. The molecule has 2 nitrogen and oxygen atoms in total. The van der Waals surface area contributed by atoms with Gasteiger partial charge in [0.05, 0.1) is 0 Å². The fourth-order valence-corrected chi connectivity index (χ4v) is 1.03. The first-order valence-corrected chi connectivity index (χ1v) is 4.11. The topological polar surface area (TPSA) is 38.4 Å². The highest BCUT2D eigenvalue weighted by molar-refractivity contribution is 8.02. The maximum Gasteiger partial charge on any atom is 0.136 e. The summed E-state index contributed by atoms with van der Waals surface area (Å²) in [7, 11) is 0. The Labute approximate surface area is 65.9 Å². The van der Waals surface area contributed by atoms with Crippen LogP contribution in [-0.4, -0.2) is 13.0 Å². The van der Waals surface area contributed by atoms with Crippen molar-refractivity contribution in [1.82, 2.24) is 0 Å². The molecule has 3 heteroatoms. The SMILES string of the molecule is C=N/C(N)=C(\C=C/C)SC. The summed E-state index contributed by atoms with van der Waals surface area (Å²) in [6.45, 7) is 5.27. The first kappa shape index (κ1) is 9.30. The van der Waals surface area contributed by atoms with E-state index in [0.717, 1.165) is 4.91 Å². The molecule has 0 saturated heterocycles. The first-order chi connectivity index (χ1) is 4.76. The Morgan fingerprint density at radius 3 is 2.60 bits per heavy atom. The highest BCUT2D eigenvalue weighted by Gasteiger charge is 1.92. The molecule has 0 radical (unpaired) electrons. The van der Waals surface area contributed by atoms with E-state index in [-0.39, 0.29) is 0 Å². The number of nitrogens with zero attached hydrogens (tertiary/aromatic N) is 1. The van der Waals surface area contributed by atoms with Gasteiger partial charge in [-0.3, -0.25) is 0 Å². The van der Waals surface area contributed by atoms with Gasteiger partial charge in [0.15, 0.2) is 0 Å². The van der Waals surface area contributed by atoms with E-state index in [0.29, 0.717) is 5.82 Å². The van der Waals surface area contributed by atoms with Gasteiger partial charge >= 0.3 is 0 Å². The van der Waals surface area contributed by atoms with Crippen molar-refractivity contribution in [1.29, 1.82) is 0 Å². The maximum atomic E-state index is 5.49. The molecule has 0 unspecified atom stereocenters. The number of nitrogens with two attached hydrogens (primary N) is 1. The predicted octanol–water partition coefficient (Wildman–Crippen LogP) is 1.75. The fourth-order valence-electron chi connectivity index (χ4n) is 0.487. The van der Waals surface area contributed by atoms with Crippen molar-refractivity contribution >= 4 is 18.5 Å². The lowest BCUT2D eigenvalue weighted by Gasteiger charge is -1.97. The van der Waals surface area contributed by atoms with E-state index >= 15 is 0 Å². The molecule has 0 spiro atoms. The quantitative estimate of drug-likeness (QED) is 0.499. The van der Waals surface area contributed by atoms with Gasteiger partial charge in [-0.05, 0) is 26.0 Å². The van der Waals surface area contributed by atoms with Gasteiger partial charge in [-0.15, -0.1) is 11.8 Å². The average molecular weight is 156 g/mol. The van der Waals surface area contributed by atoms with Gasteiger partial charge < -0.3 is 5.73 Å². The van der Waals surface area contributed by atoms with Crippen molar-refractivity contribution in [2.75, 3.05) is 6.26 Å². The van der Waals surface area contributed by atoms with Crippen LogP contribution in [0.3, 0.4) is 0 Å². The second kappa shape index (κ2) is 5.11. The van der Waals surface area contributed by atoms with Gasteiger partial charge in [0.25, 0.3) is 0 Å². The van der Waals surface area contributed by atoms with Crippen molar-refractivity contribution in [3.8, 4) is 0 Å². The van der Waals surface area contributed by atoms with Gasteiger partial charge in [-0.1, -0.05) is 6.08 Å². The van der Waals surface area contributed by atoms with E-state index in [1.54, 1.807) is 11.8 Å². The van der Waals surface area contributed by atoms with E-state index in [9.17, 15) is 0 Å². The van der Waals surface area contributed by atoms with Crippen molar-refractivity contribution in [3.63, 3.8) is 0 Å². The largest absolute Gasteiger partial charge is 0.383 e. The van der Waals surface area contributed by atoms with Gasteiger partial charge in [-0.2, -0.15) is 0 Å². The molecule has 0 aromatic carbocycles. The average Bonchev–Trinajstić information content (AvgIpc) is 1.99. The summed E-state index contributed by atoms with van der Waals surface area (Å²) in [5, 5.41) is 0. The molecule has 0 aliphatic carbocycles. The molecule has 0 amide bonds. The van der Waals surface area contributed by atoms with Crippen LogP contribution in [0.1, 0.15) is 6.92 Å². The molecule has 2 N–H and O–H groups in total. The summed E-state index contributed by atoms with van der Waals surface area (Å²) in [6.07, 6.45) is 5.78. The third-order valence-corrected chi connectivity index (χ3v) is 1.75. The van der Waals surface area contributed by atoms with Crippen LogP contribution in [0.2, 0.25) is 0 Å². The number of rotatable bonds is 3. The molecule has 0 fully saturated rings. The van der Waals surface area contributed by atoms with Crippen LogP contribution in [0.4, 0.5) is 0 Å². The summed E-state index contributed by atoms with van der Waals surface area (Å²) >= 11 is 1.56. The molecule has 10 heavy (non-hydrogen) atoms. The zero-order valence-electron chi connectivity index (χ0n) is 6.29. The second-order valence-corrected chi connectivity index (χ2v) is 2.46. The third-order valence-electron chi connectivity index (χ3n) is 0.961. The lowest BCUT2D eigenvalue weighted by atomic mass is 10.5. The number of hydrogen-bond donors (Lipinski definition) is 1. The molecule has 0 aromatic rings. The Morgan fingerprint density at radius 2 is 2.30 bits per heavy atom. The molecule has 56 valence electrons. The molecule has 0 bridgehead atoms. The summed E-state index contributed by atoms with van der Waals surface area (Å²) in [5.41, 5.74) is 5.49. The minimum Gasteiger partial charge on any atom is -0.383 e. The Bertz CT molecular complexity index is 170. The van der Waals surface area contributed by atoms with Crippen LogP contribution >= 0.6 is 11.8 Å². The van der Waals surface area contributed by atoms with Crippen molar-refractivity contribution in [2.24, 2.45) is 10.7 Å². The monoisotopic (exact) mass is 156 g/mol. The number of allylic oxidation sites excluding steroid dienone is 2. The summed E-state index contributed by atoms with van der Waals surface area (Å²) in [5.74, 6) is 0.491. The highest BCUT2D eigenvalue weighted by atomic mass is 32.2. The molecular weight excluding hydrogens is 144 g/mol. The van der Waals surface area contributed by atoms with E-state index in [2.05, 4.69) is 11.7 Å². The van der Waals surface area contributed by atoms with Gasteiger partial charge in [-0.25, -0.2) is 4.99 Å². The van der Waals surface area contributed by atoms with Crippen molar-refractivity contribution in [2.45, 2.75) is 6.92 Å². The van der Waals surface area contributed by atoms with E-state index in [1.165, 1.54) is 0 Å². The Hall–Kier alpha value is -0.700. The molecule has 0 aliphatic rings. The highest BCUT2D eigenvalue weighted by Crippen LogP contribution is 2.15. The predicted molar refractivity (Wildman–Crippen MR) is 49.1 cm³/mol. The molecular formula is C7H12N2S. The minimum absolute atomic E-state index is 0.491. The van der Waals surface area contributed by atoms with E-state index < -0.39 is 0 Å². The normalized spacial score (nSPS) is 13.4. The van der Waals surface area contributed by atoms with Gasteiger partial charge in [0, 0.05) is 4.91 Å². The molecule has 0 saturated carbocycles. The molecule has 0 heterocycles. The zero-order chi connectivity index (χ0) is 7.98. The van der Waals surface area contributed by atoms with Gasteiger partial charge in [0.2, 0.25) is 0 Å². The number of thioether (sulfide) groups is 1. The van der Waals surface area contributed by atoms with Crippen LogP contribution in [0.15, 0.2) is 27.9 Å². The standard InChI is InChI=1S/C7H12N2S/c1-4-5-6(10-3)7(8)9-2/h4-5H,2,8H2,1,3H3/b5-4-,7-6+. The summed E-state index contributed by atoms with van der Waals surface area (Å²) in [4.78, 5) is 4.57. The summed E-state index contributed by atoms with van der Waals surface area (Å²) < 4.78 is 0. The van der Waals surface area contributed by atoms with E-state index in [4.69, 9.17) is 5.73 Å². The lowest BCUT2D eigenvalue weighted by molar-refractivity contribution is 1.25. The molecule has 0 rings (SSSR count). The van der Waals surface area contributed by atoms with Gasteiger partial charge in [0.1, 0.15) is 5.82 Å². The van der Waals surface area contributed by atoms with E-state index in [1.807, 2.05) is 25.3 Å². The molecule has 0 aromatic heterocycles. The second-order valence-electron chi connectivity index (χ2n) is 1.61. The van der Waals surface area contributed by atoms with Crippen LogP contribution in [0, 0.1) is 0 Å². The Kier molecular flexibility index (Phi) is 4.76. The number of aliphatic imine (C=N–C) groups is 1. The maximum absolute atomic E-state index is 5.49. The first-order valence-electron chi connectivity index (χ1n) is 2.89. The van der Waals surface area contributed by atoms with Crippen LogP contribution < -0.4 is 5.73 Å². The van der Waals surface area contributed by atoms with Crippen LogP contribution in [-0.2, 0) is 0 Å².